The van der Waals surface area contributed by atoms with E-state index in [4.69, 9.17) is 0 Å². The average Bonchev–Trinajstić information content (AvgIpc) is 2.32. The first-order valence-corrected chi connectivity index (χ1v) is 7.70. The first kappa shape index (κ1) is 15.5. The summed E-state index contributed by atoms with van der Waals surface area (Å²) in [6, 6.07) is 4.81. The van der Waals surface area contributed by atoms with Crippen LogP contribution in [0.3, 0.4) is 0 Å². The van der Waals surface area contributed by atoms with Gasteiger partial charge in [-0.1, -0.05) is 22.9 Å². The Hall–Kier alpha value is -0.550. The summed E-state index contributed by atoms with van der Waals surface area (Å²) in [6.07, 6.45) is 1.71. The van der Waals surface area contributed by atoms with E-state index in [0.717, 1.165) is 18.2 Å². The van der Waals surface area contributed by atoms with Gasteiger partial charge in [0.15, 0.2) is 0 Å². The summed E-state index contributed by atoms with van der Waals surface area (Å²) in [6.45, 7) is 4.06. The highest BCUT2D eigenvalue weighted by molar-refractivity contribution is 9.10. The van der Waals surface area contributed by atoms with Crippen molar-refractivity contribution in [2.45, 2.75) is 32.2 Å². The molecule has 0 aliphatic heterocycles. The smallest absolute Gasteiger partial charge is 0.251 e. The number of carbonyl (C=O) groups excluding carboxylic acids is 1. The maximum absolute atomic E-state index is 12.1. The predicted molar refractivity (Wildman–Crippen MR) is 80.4 cm³/mol. The van der Waals surface area contributed by atoms with E-state index >= 15 is 0 Å². The molecule has 5 heteroatoms. The van der Waals surface area contributed by atoms with Crippen molar-refractivity contribution in [1.29, 1.82) is 0 Å². The van der Waals surface area contributed by atoms with Gasteiger partial charge in [-0.25, -0.2) is 0 Å². The normalized spacial score (nSPS) is 14.0. The number of aromatic hydroxyl groups is 1. The number of benzene rings is 1. The molecule has 1 rings (SSSR count). The number of hydrogen-bond donors (Lipinski definition) is 2. The predicted octanol–water partition coefficient (Wildman–Crippen LogP) is 3.84. The van der Waals surface area contributed by atoms with Crippen LogP contribution in [0, 0.1) is 0 Å². The lowest BCUT2D eigenvalue weighted by Gasteiger charge is -2.29. The molecule has 0 heterocycles. The summed E-state index contributed by atoms with van der Waals surface area (Å²) in [4.78, 5) is 12.1. The zero-order chi connectivity index (χ0) is 13.8. The lowest BCUT2D eigenvalue weighted by Crippen LogP contribution is -2.45. The molecule has 0 aliphatic rings. The zero-order valence-corrected chi connectivity index (χ0v) is 13.6. The van der Waals surface area contributed by atoms with Crippen LogP contribution in [0.4, 0.5) is 0 Å². The minimum Gasteiger partial charge on any atom is -0.507 e. The van der Waals surface area contributed by atoms with Crippen molar-refractivity contribution in [2.24, 2.45) is 0 Å². The number of nitrogens with one attached hydrogen (secondary N) is 1. The van der Waals surface area contributed by atoms with Gasteiger partial charge in [0.05, 0.1) is 4.47 Å². The lowest BCUT2D eigenvalue weighted by atomic mass is 9.95. The highest BCUT2D eigenvalue weighted by atomic mass is 79.9. The molecule has 1 amide bonds. The Labute approximate surface area is 124 Å². The van der Waals surface area contributed by atoms with E-state index in [9.17, 15) is 9.90 Å². The first-order chi connectivity index (χ1) is 8.41. The quantitative estimate of drug-likeness (QED) is 0.764. The molecule has 1 unspecified atom stereocenters. The Kier molecular flexibility index (Phi) is 5.66. The molecule has 100 valence electrons. The molecule has 0 aliphatic carbocycles. The van der Waals surface area contributed by atoms with Gasteiger partial charge in [-0.15, -0.1) is 0 Å². The zero-order valence-electron chi connectivity index (χ0n) is 10.5. The first-order valence-electron chi connectivity index (χ1n) is 5.79. The fourth-order valence-electron chi connectivity index (χ4n) is 1.54. The Balaban J connectivity index is 2.84. The van der Waals surface area contributed by atoms with Crippen molar-refractivity contribution in [3.63, 3.8) is 0 Å². The van der Waals surface area contributed by atoms with Crippen molar-refractivity contribution in [3.8, 4) is 5.75 Å². The van der Waals surface area contributed by atoms with Gasteiger partial charge >= 0.3 is 0 Å². The molecule has 1 aromatic carbocycles. The summed E-state index contributed by atoms with van der Waals surface area (Å²) >= 11 is 6.59. The van der Waals surface area contributed by atoms with Gasteiger partial charge in [-0.2, -0.15) is 0 Å². The highest BCUT2D eigenvalue weighted by Gasteiger charge is 2.24. The summed E-state index contributed by atoms with van der Waals surface area (Å²) in [5, 5.41) is 13.4. The van der Waals surface area contributed by atoms with Crippen molar-refractivity contribution >= 4 is 37.8 Å². The van der Waals surface area contributed by atoms with Gasteiger partial charge in [0.1, 0.15) is 5.75 Å². The van der Waals surface area contributed by atoms with E-state index < -0.39 is 0 Å². The van der Waals surface area contributed by atoms with E-state index in [-0.39, 0.29) is 17.2 Å². The van der Waals surface area contributed by atoms with Gasteiger partial charge in [0.25, 0.3) is 5.91 Å². The lowest BCUT2D eigenvalue weighted by molar-refractivity contribution is 0.0901. The van der Waals surface area contributed by atoms with Crippen LogP contribution >= 0.6 is 31.9 Å². The number of carbonyl (C=O) groups is 1. The van der Waals surface area contributed by atoms with Crippen LogP contribution in [-0.2, 0) is 0 Å². The van der Waals surface area contributed by atoms with Crippen LogP contribution in [0.5, 0.6) is 5.75 Å². The minimum absolute atomic E-state index is 0.0707. The van der Waals surface area contributed by atoms with Gasteiger partial charge in [0.2, 0.25) is 0 Å². The molecule has 0 radical (unpaired) electrons. The van der Waals surface area contributed by atoms with Gasteiger partial charge < -0.3 is 10.4 Å². The molecule has 3 nitrogen and oxygen atoms in total. The fraction of sp³-hybridized carbons (Fsp3) is 0.462. The number of amides is 1. The van der Waals surface area contributed by atoms with Crippen molar-refractivity contribution in [2.75, 3.05) is 5.33 Å². The summed E-state index contributed by atoms with van der Waals surface area (Å²) in [5.41, 5.74) is 0.230. The van der Waals surface area contributed by atoms with E-state index in [1.807, 2.05) is 13.8 Å². The van der Waals surface area contributed by atoms with Crippen LogP contribution in [0.2, 0.25) is 0 Å². The standard InChI is InChI=1S/C13H17Br2NO2/c1-3-13(2,6-7-14)16-12(18)9-4-5-10(15)11(17)8-9/h4-5,8,17H,3,6-7H2,1-2H3,(H,16,18). The topological polar surface area (TPSA) is 49.3 Å². The molecule has 1 atom stereocenters. The molecule has 2 N–H and O–H groups in total. The second kappa shape index (κ2) is 6.57. The number of phenols is 1. The third-order valence-corrected chi connectivity index (χ3v) is 4.12. The Bertz CT molecular complexity index is 437. The second-order valence-corrected chi connectivity index (χ2v) is 6.12. The Morgan fingerprint density at radius 1 is 1.50 bits per heavy atom. The van der Waals surface area contributed by atoms with Crippen LogP contribution in [0.15, 0.2) is 22.7 Å². The molecule has 0 spiro atoms. The SMILES string of the molecule is CCC(C)(CCBr)NC(=O)c1ccc(Br)c(O)c1. The van der Waals surface area contributed by atoms with Gasteiger partial charge in [0, 0.05) is 16.4 Å². The molecule has 1 aromatic rings. The number of halogens is 2. The molecule has 0 fully saturated rings. The summed E-state index contributed by atoms with van der Waals surface area (Å²) in [7, 11) is 0. The Morgan fingerprint density at radius 3 is 2.67 bits per heavy atom. The number of phenolic OH excluding ortho intramolecular Hbond substituents is 1. The van der Waals surface area contributed by atoms with Crippen molar-refractivity contribution in [1.82, 2.24) is 5.32 Å². The third-order valence-electron chi connectivity index (χ3n) is 3.05. The molecule has 0 aromatic heterocycles. The van der Waals surface area contributed by atoms with Crippen LogP contribution in [0.25, 0.3) is 0 Å². The van der Waals surface area contributed by atoms with E-state index in [1.54, 1.807) is 12.1 Å². The largest absolute Gasteiger partial charge is 0.507 e. The van der Waals surface area contributed by atoms with Crippen molar-refractivity contribution < 1.29 is 9.90 Å². The third kappa shape index (κ3) is 3.99. The maximum Gasteiger partial charge on any atom is 0.251 e. The fourth-order valence-corrected chi connectivity index (χ4v) is 2.66. The summed E-state index contributed by atoms with van der Waals surface area (Å²) in [5.74, 6) is -0.0931. The number of alkyl halides is 1. The average molecular weight is 379 g/mol. The molecular weight excluding hydrogens is 362 g/mol. The van der Waals surface area contributed by atoms with E-state index in [0.29, 0.717) is 10.0 Å². The highest BCUT2D eigenvalue weighted by Crippen LogP contribution is 2.25. The Morgan fingerprint density at radius 2 is 2.17 bits per heavy atom. The van der Waals surface area contributed by atoms with Gasteiger partial charge in [-0.05, 0) is 53.9 Å². The maximum atomic E-state index is 12.1. The van der Waals surface area contributed by atoms with Crippen molar-refractivity contribution in [3.05, 3.63) is 28.2 Å². The number of rotatable bonds is 5. The summed E-state index contributed by atoms with van der Waals surface area (Å²) < 4.78 is 0.581. The number of hydrogen-bond acceptors (Lipinski definition) is 2. The molecule has 0 bridgehead atoms. The monoisotopic (exact) mass is 377 g/mol. The van der Waals surface area contributed by atoms with E-state index in [1.165, 1.54) is 6.07 Å². The molecule has 18 heavy (non-hydrogen) atoms. The van der Waals surface area contributed by atoms with Crippen LogP contribution < -0.4 is 5.32 Å². The van der Waals surface area contributed by atoms with Gasteiger partial charge in [-0.3, -0.25) is 4.79 Å². The minimum atomic E-state index is -0.233. The molecular formula is C13H17Br2NO2. The molecule has 0 saturated heterocycles. The molecule has 0 saturated carbocycles. The van der Waals surface area contributed by atoms with E-state index in [2.05, 4.69) is 37.2 Å². The second-order valence-electron chi connectivity index (χ2n) is 4.47. The van der Waals surface area contributed by atoms with Crippen LogP contribution in [0.1, 0.15) is 37.0 Å². The van der Waals surface area contributed by atoms with Crippen LogP contribution in [-0.4, -0.2) is 21.9 Å².